The molecule has 0 aromatic heterocycles. The number of amides is 2. The highest BCUT2D eigenvalue weighted by Gasteiger charge is 2.64. The monoisotopic (exact) mass is 429 g/mol. The van der Waals surface area contributed by atoms with Crippen LogP contribution in [0.25, 0.3) is 0 Å². The summed E-state index contributed by atoms with van der Waals surface area (Å²) in [6, 6.07) is 19.8. The molecule has 6 rings (SSSR count). The molecule has 2 aromatic carbocycles. The summed E-state index contributed by atoms with van der Waals surface area (Å²) in [4.78, 5) is 32.6. The van der Waals surface area contributed by atoms with Crippen molar-refractivity contribution in [3.8, 4) is 0 Å². The molecule has 5 nitrogen and oxygen atoms in total. The number of para-hydroxylation sites is 1. The third-order valence-corrected chi connectivity index (χ3v) is 8.65. The summed E-state index contributed by atoms with van der Waals surface area (Å²) in [7, 11) is 1.66. The molecule has 0 radical (unpaired) electrons. The zero-order chi connectivity index (χ0) is 21.9. The number of anilines is 1. The maximum Gasteiger partial charge on any atom is 0.235 e. The molecule has 2 aromatic rings. The quantitative estimate of drug-likeness (QED) is 0.684. The van der Waals surface area contributed by atoms with Gasteiger partial charge in [-0.1, -0.05) is 42.5 Å². The Morgan fingerprint density at radius 1 is 0.906 bits per heavy atom. The van der Waals surface area contributed by atoms with E-state index in [0.29, 0.717) is 12.6 Å². The first-order valence-electron chi connectivity index (χ1n) is 12.1. The number of hydrogen-bond donors (Lipinski definition) is 0. The zero-order valence-corrected chi connectivity index (χ0v) is 18.7. The van der Waals surface area contributed by atoms with Gasteiger partial charge in [-0.3, -0.25) is 19.4 Å². The normalized spacial score (nSPS) is 29.5. The molecule has 3 unspecified atom stereocenters. The molecule has 1 spiro atoms. The number of carbonyl (C=O) groups excluding carboxylic acids is 2. The highest BCUT2D eigenvalue weighted by molar-refractivity contribution is 6.07. The van der Waals surface area contributed by atoms with Gasteiger partial charge in [0, 0.05) is 38.4 Å². The Balaban J connectivity index is 1.32. The Morgan fingerprint density at radius 2 is 1.62 bits per heavy atom. The van der Waals surface area contributed by atoms with Crippen LogP contribution in [0.15, 0.2) is 54.6 Å². The minimum absolute atomic E-state index is 0.00134. The van der Waals surface area contributed by atoms with E-state index in [1.807, 2.05) is 6.07 Å². The number of fused-ring (bicyclic) bond motifs is 3. The second kappa shape index (κ2) is 7.45. The number of likely N-dealkylation sites (tertiary alicyclic amines) is 2. The van der Waals surface area contributed by atoms with E-state index < -0.39 is 0 Å². The van der Waals surface area contributed by atoms with Crippen molar-refractivity contribution in [2.75, 3.05) is 31.6 Å². The predicted molar refractivity (Wildman–Crippen MR) is 124 cm³/mol. The van der Waals surface area contributed by atoms with Gasteiger partial charge in [-0.05, 0) is 55.4 Å². The Hall–Kier alpha value is -2.66. The maximum atomic E-state index is 13.3. The number of imide groups is 1. The fraction of sp³-hybridized carbons (Fsp3) is 0.481. The molecule has 0 N–H and O–H groups in total. The molecule has 4 aliphatic rings. The lowest BCUT2D eigenvalue weighted by Crippen LogP contribution is -2.58. The van der Waals surface area contributed by atoms with E-state index in [0.717, 1.165) is 31.6 Å². The lowest BCUT2D eigenvalue weighted by Gasteiger charge is -2.50. The number of rotatable bonds is 2. The third kappa shape index (κ3) is 2.80. The van der Waals surface area contributed by atoms with Crippen LogP contribution in [-0.2, 0) is 16.0 Å². The van der Waals surface area contributed by atoms with Crippen molar-refractivity contribution >= 4 is 17.5 Å². The van der Waals surface area contributed by atoms with Crippen LogP contribution in [0.1, 0.15) is 42.9 Å². The SMILES string of the molecule is CN1C(=O)C2CN(c3ccccc3)C3(CCN(C4CCCc5ccccc54)CC3)C2C1=O. The van der Waals surface area contributed by atoms with Crippen LogP contribution in [0.5, 0.6) is 0 Å². The third-order valence-electron chi connectivity index (χ3n) is 8.65. The van der Waals surface area contributed by atoms with Crippen molar-refractivity contribution < 1.29 is 9.59 Å². The van der Waals surface area contributed by atoms with Gasteiger partial charge in [-0.2, -0.15) is 0 Å². The summed E-state index contributed by atoms with van der Waals surface area (Å²) in [6.45, 7) is 2.59. The van der Waals surface area contributed by atoms with Crippen molar-refractivity contribution in [2.45, 2.75) is 43.7 Å². The average Bonchev–Trinajstić information content (AvgIpc) is 3.28. The number of piperidine rings is 1. The van der Waals surface area contributed by atoms with Gasteiger partial charge in [0.2, 0.25) is 11.8 Å². The second-order valence-electron chi connectivity index (χ2n) is 10.0. The fourth-order valence-electron chi connectivity index (χ4n) is 7.10. The van der Waals surface area contributed by atoms with Gasteiger partial charge in [0.25, 0.3) is 0 Å². The Labute approximate surface area is 190 Å². The van der Waals surface area contributed by atoms with Gasteiger partial charge in [0.05, 0.1) is 17.4 Å². The molecule has 2 amide bonds. The van der Waals surface area contributed by atoms with Crippen LogP contribution < -0.4 is 4.90 Å². The highest BCUT2D eigenvalue weighted by atomic mass is 16.2. The standard InChI is InChI=1S/C27H31N3O2/c1-28-25(31)22-18-30(20-10-3-2-4-11-20)27(24(22)26(28)32)14-16-29(17-15-27)23-13-7-9-19-8-5-6-12-21(19)23/h2-6,8,10-12,22-24H,7,9,13-18H2,1H3. The van der Waals surface area contributed by atoms with Crippen LogP contribution >= 0.6 is 0 Å². The minimum Gasteiger partial charge on any atom is -0.364 e. The molecule has 3 atom stereocenters. The van der Waals surface area contributed by atoms with Crippen molar-refractivity contribution in [2.24, 2.45) is 11.8 Å². The van der Waals surface area contributed by atoms with Crippen LogP contribution in [0.4, 0.5) is 5.69 Å². The van der Waals surface area contributed by atoms with E-state index in [4.69, 9.17) is 0 Å². The average molecular weight is 430 g/mol. The molecule has 32 heavy (non-hydrogen) atoms. The minimum atomic E-state index is -0.270. The largest absolute Gasteiger partial charge is 0.364 e. The summed E-state index contributed by atoms with van der Waals surface area (Å²) < 4.78 is 0. The first-order valence-corrected chi connectivity index (χ1v) is 12.1. The molecule has 1 aliphatic carbocycles. The van der Waals surface area contributed by atoms with Gasteiger partial charge < -0.3 is 4.90 Å². The van der Waals surface area contributed by atoms with E-state index in [1.54, 1.807) is 7.05 Å². The summed E-state index contributed by atoms with van der Waals surface area (Å²) in [5, 5.41) is 0. The number of nitrogens with zero attached hydrogens (tertiary/aromatic N) is 3. The van der Waals surface area contributed by atoms with Gasteiger partial charge in [0.15, 0.2) is 0 Å². The fourth-order valence-corrected chi connectivity index (χ4v) is 7.10. The Kier molecular flexibility index (Phi) is 4.65. The summed E-state index contributed by atoms with van der Waals surface area (Å²) >= 11 is 0. The van der Waals surface area contributed by atoms with E-state index in [-0.39, 0.29) is 29.2 Å². The first-order chi connectivity index (χ1) is 15.6. The first kappa shape index (κ1) is 20.0. The number of carbonyl (C=O) groups is 2. The molecule has 5 heteroatoms. The summed E-state index contributed by atoms with van der Waals surface area (Å²) in [6.07, 6.45) is 5.47. The molecule has 0 saturated carbocycles. The smallest absolute Gasteiger partial charge is 0.235 e. The number of hydrogen-bond acceptors (Lipinski definition) is 4. The van der Waals surface area contributed by atoms with Crippen molar-refractivity contribution in [3.63, 3.8) is 0 Å². The van der Waals surface area contributed by atoms with Crippen LogP contribution in [0, 0.1) is 11.8 Å². The second-order valence-corrected chi connectivity index (χ2v) is 10.0. The molecule has 3 saturated heterocycles. The Morgan fingerprint density at radius 3 is 2.41 bits per heavy atom. The number of aryl methyl sites for hydroxylation is 1. The van der Waals surface area contributed by atoms with Gasteiger partial charge in [0.1, 0.15) is 0 Å². The maximum absolute atomic E-state index is 13.3. The molecule has 166 valence electrons. The Bertz CT molecular complexity index is 1040. The van der Waals surface area contributed by atoms with E-state index in [1.165, 1.54) is 35.3 Å². The van der Waals surface area contributed by atoms with Gasteiger partial charge in [-0.25, -0.2) is 0 Å². The molecular weight excluding hydrogens is 398 g/mol. The van der Waals surface area contributed by atoms with Crippen LogP contribution in [0.3, 0.4) is 0 Å². The summed E-state index contributed by atoms with van der Waals surface area (Å²) in [5.41, 5.74) is 3.86. The number of benzene rings is 2. The lowest BCUT2D eigenvalue weighted by atomic mass is 9.73. The van der Waals surface area contributed by atoms with Gasteiger partial charge >= 0.3 is 0 Å². The van der Waals surface area contributed by atoms with E-state index >= 15 is 0 Å². The highest BCUT2D eigenvalue weighted by Crippen LogP contribution is 2.52. The lowest BCUT2D eigenvalue weighted by molar-refractivity contribution is -0.139. The van der Waals surface area contributed by atoms with Crippen LogP contribution in [-0.4, -0.2) is 53.8 Å². The van der Waals surface area contributed by atoms with Gasteiger partial charge in [-0.15, -0.1) is 0 Å². The molecule has 3 fully saturated rings. The molecule has 3 heterocycles. The molecule has 3 aliphatic heterocycles. The molecular formula is C27H31N3O2. The van der Waals surface area contributed by atoms with Crippen molar-refractivity contribution in [1.29, 1.82) is 0 Å². The zero-order valence-electron chi connectivity index (χ0n) is 18.7. The molecule has 0 bridgehead atoms. The topological polar surface area (TPSA) is 43.9 Å². The summed E-state index contributed by atoms with van der Waals surface area (Å²) in [5.74, 6) is -0.410. The van der Waals surface area contributed by atoms with Crippen molar-refractivity contribution in [3.05, 3.63) is 65.7 Å². The van der Waals surface area contributed by atoms with E-state index in [9.17, 15) is 9.59 Å². The van der Waals surface area contributed by atoms with Crippen LogP contribution in [0.2, 0.25) is 0 Å². The van der Waals surface area contributed by atoms with Crippen molar-refractivity contribution in [1.82, 2.24) is 9.80 Å². The van der Waals surface area contributed by atoms with E-state index in [2.05, 4.69) is 58.3 Å². The predicted octanol–water partition coefficient (Wildman–Crippen LogP) is 3.65.